The summed E-state index contributed by atoms with van der Waals surface area (Å²) in [5, 5.41) is 17.3. The summed E-state index contributed by atoms with van der Waals surface area (Å²) in [4.78, 5) is 17.9. The van der Waals surface area contributed by atoms with Crippen LogP contribution in [0.15, 0.2) is 18.3 Å². The summed E-state index contributed by atoms with van der Waals surface area (Å²) in [6.45, 7) is 2.48. The number of hydrogen-bond donors (Lipinski definition) is 1. The number of piperidine rings is 1. The molecule has 1 aliphatic carbocycles. The quantitative estimate of drug-likeness (QED) is 0.751. The van der Waals surface area contributed by atoms with Crippen LogP contribution in [0.5, 0.6) is 0 Å². The Labute approximate surface area is 153 Å². The molecule has 27 heavy (non-hydrogen) atoms. The molecule has 0 amide bonds. The molecule has 1 aliphatic heterocycles. The van der Waals surface area contributed by atoms with Gasteiger partial charge in [-0.15, -0.1) is 5.10 Å². The molecule has 2 aliphatic rings. The maximum absolute atomic E-state index is 13.4. The number of halogens is 2. The first-order chi connectivity index (χ1) is 12.9. The van der Waals surface area contributed by atoms with Crippen molar-refractivity contribution in [2.75, 3.05) is 24.6 Å². The van der Waals surface area contributed by atoms with Crippen molar-refractivity contribution in [3.05, 3.63) is 35.3 Å². The van der Waals surface area contributed by atoms with E-state index in [2.05, 4.69) is 15.3 Å². The van der Waals surface area contributed by atoms with E-state index in [1.807, 2.05) is 4.90 Å². The van der Waals surface area contributed by atoms with Crippen LogP contribution in [0.1, 0.15) is 28.7 Å². The molecule has 3 heterocycles. The fraction of sp³-hybridized carbons (Fsp3) is 0.529. The average molecular weight is 379 g/mol. The molecule has 2 atom stereocenters. The molecule has 10 heteroatoms. The molecule has 0 aromatic carbocycles. The van der Waals surface area contributed by atoms with Gasteiger partial charge in [-0.1, -0.05) is 11.3 Å². The van der Waals surface area contributed by atoms with E-state index in [-0.39, 0.29) is 38.5 Å². The largest absolute Gasteiger partial charge is 0.461 e. The number of rotatable bonds is 6. The minimum atomic E-state index is -2.54. The number of aliphatic hydroxyl groups excluding tert-OH is 1. The number of alkyl halides is 2. The monoisotopic (exact) mass is 379 g/mol. The van der Waals surface area contributed by atoms with Crippen molar-refractivity contribution < 1.29 is 23.4 Å². The highest BCUT2D eigenvalue weighted by Gasteiger charge is 2.71. The fourth-order valence-corrected chi connectivity index (χ4v) is 3.52. The molecule has 2 fully saturated rings. The Kier molecular flexibility index (Phi) is 4.29. The molecule has 4 rings (SSSR count). The summed E-state index contributed by atoms with van der Waals surface area (Å²) in [6, 6.07) is 3.53. The number of carbonyl (C=O) groups is 1. The Hall–Kier alpha value is -2.62. The Balaban J connectivity index is 1.47. The van der Waals surface area contributed by atoms with E-state index in [0.29, 0.717) is 17.1 Å². The van der Waals surface area contributed by atoms with Gasteiger partial charge in [0, 0.05) is 13.1 Å². The SMILES string of the molecule is CCOC(=O)c1cn(Cc2ccc(N3CC4C(C3)C4(F)F)nc2CO)nn1. The average Bonchev–Trinajstić information content (AvgIpc) is 3.11. The zero-order valence-electron chi connectivity index (χ0n) is 14.7. The van der Waals surface area contributed by atoms with Gasteiger partial charge < -0.3 is 14.7 Å². The van der Waals surface area contributed by atoms with Crippen molar-refractivity contribution in [3.8, 4) is 0 Å². The van der Waals surface area contributed by atoms with Crippen LogP contribution >= 0.6 is 0 Å². The van der Waals surface area contributed by atoms with Gasteiger partial charge in [-0.05, 0) is 18.6 Å². The van der Waals surface area contributed by atoms with Crippen molar-refractivity contribution in [3.63, 3.8) is 0 Å². The first kappa shape index (κ1) is 17.8. The molecule has 1 saturated carbocycles. The molecule has 2 unspecified atom stereocenters. The number of aromatic nitrogens is 4. The van der Waals surface area contributed by atoms with Gasteiger partial charge in [0.05, 0.1) is 43.5 Å². The lowest BCUT2D eigenvalue weighted by Gasteiger charge is -2.22. The standard InChI is InChI=1S/C17H19F2N5O3/c1-2-27-16(26)13-8-24(22-21-13)5-10-3-4-15(20-14(10)9-25)23-6-11-12(7-23)17(11,18)19/h3-4,8,11-12,25H,2,5-7,9H2,1H3. The number of carbonyl (C=O) groups excluding carboxylic acids is 1. The van der Waals surface area contributed by atoms with Crippen molar-refractivity contribution in [1.82, 2.24) is 20.0 Å². The number of esters is 1. The van der Waals surface area contributed by atoms with Gasteiger partial charge in [0.25, 0.3) is 5.92 Å². The van der Waals surface area contributed by atoms with Gasteiger partial charge in [0.15, 0.2) is 5.69 Å². The van der Waals surface area contributed by atoms with Crippen LogP contribution in [0.25, 0.3) is 0 Å². The Morgan fingerprint density at radius 2 is 2.11 bits per heavy atom. The number of nitrogens with zero attached hydrogens (tertiary/aromatic N) is 5. The second kappa shape index (κ2) is 6.52. The van der Waals surface area contributed by atoms with Gasteiger partial charge in [-0.25, -0.2) is 23.2 Å². The number of aliphatic hydroxyl groups is 1. The molecule has 2 aromatic rings. The maximum Gasteiger partial charge on any atom is 0.360 e. The second-order valence-electron chi connectivity index (χ2n) is 6.75. The van der Waals surface area contributed by atoms with Crippen LogP contribution in [0.3, 0.4) is 0 Å². The topological polar surface area (TPSA) is 93.4 Å². The molecule has 1 N–H and O–H groups in total. The molecule has 0 radical (unpaired) electrons. The van der Waals surface area contributed by atoms with Gasteiger partial charge >= 0.3 is 5.97 Å². The highest BCUT2D eigenvalue weighted by molar-refractivity contribution is 5.86. The van der Waals surface area contributed by atoms with E-state index >= 15 is 0 Å². The molecule has 0 bridgehead atoms. The van der Waals surface area contributed by atoms with Crippen molar-refractivity contribution in [2.45, 2.75) is 26.0 Å². The highest BCUT2D eigenvalue weighted by atomic mass is 19.3. The van der Waals surface area contributed by atoms with Crippen LogP contribution in [0, 0.1) is 11.8 Å². The smallest absolute Gasteiger partial charge is 0.360 e. The summed E-state index contributed by atoms with van der Waals surface area (Å²) in [5.74, 6) is -3.69. The zero-order chi connectivity index (χ0) is 19.2. The number of hydrogen-bond acceptors (Lipinski definition) is 7. The van der Waals surface area contributed by atoms with E-state index in [0.717, 1.165) is 0 Å². The van der Waals surface area contributed by atoms with Crippen molar-refractivity contribution >= 4 is 11.8 Å². The highest BCUT2D eigenvalue weighted by Crippen LogP contribution is 2.59. The molecule has 0 spiro atoms. The third kappa shape index (κ3) is 3.14. The zero-order valence-corrected chi connectivity index (χ0v) is 14.7. The van der Waals surface area contributed by atoms with Gasteiger partial charge in [0.1, 0.15) is 5.82 Å². The fourth-order valence-electron chi connectivity index (χ4n) is 3.52. The number of pyridine rings is 1. The summed E-state index contributed by atoms with van der Waals surface area (Å²) in [5.41, 5.74) is 1.24. The predicted octanol–water partition coefficient (Wildman–Crippen LogP) is 1.09. The number of fused-ring (bicyclic) bond motifs is 1. The van der Waals surface area contributed by atoms with Crippen LogP contribution < -0.4 is 4.90 Å². The summed E-state index contributed by atoms with van der Waals surface area (Å²) < 4.78 is 33.0. The van der Waals surface area contributed by atoms with Gasteiger partial charge in [-0.3, -0.25) is 0 Å². The Morgan fingerprint density at radius 3 is 2.78 bits per heavy atom. The van der Waals surface area contributed by atoms with E-state index < -0.39 is 23.7 Å². The van der Waals surface area contributed by atoms with E-state index in [4.69, 9.17) is 4.74 Å². The van der Waals surface area contributed by atoms with Crippen LogP contribution in [0.4, 0.5) is 14.6 Å². The summed E-state index contributed by atoms with van der Waals surface area (Å²) in [7, 11) is 0. The van der Waals surface area contributed by atoms with Crippen LogP contribution in [-0.2, 0) is 17.9 Å². The van der Waals surface area contributed by atoms with E-state index in [1.165, 1.54) is 10.9 Å². The predicted molar refractivity (Wildman–Crippen MR) is 89.4 cm³/mol. The van der Waals surface area contributed by atoms with Crippen LogP contribution in [0.2, 0.25) is 0 Å². The third-order valence-corrected chi connectivity index (χ3v) is 5.08. The Bertz CT molecular complexity index is 858. The number of anilines is 1. The minimum absolute atomic E-state index is 0.101. The van der Waals surface area contributed by atoms with Crippen molar-refractivity contribution in [2.24, 2.45) is 11.8 Å². The molecular weight excluding hydrogens is 360 g/mol. The lowest BCUT2D eigenvalue weighted by Crippen LogP contribution is -2.28. The van der Waals surface area contributed by atoms with E-state index in [1.54, 1.807) is 19.1 Å². The third-order valence-electron chi connectivity index (χ3n) is 5.08. The molecular formula is C17H19F2N5O3. The molecule has 1 saturated heterocycles. The second-order valence-corrected chi connectivity index (χ2v) is 6.75. The first-order valence-corrected chi connectivity index (χ1v) is 8.73. The minimum Gasteiger partial charge on any atom is -0.461 e. The maximum atomic E-state index is 13.4. The lowest BCUT2D eigenvalue weighted by atomic mass is 10.2. The van der Waals surface area contributed by atoms with Crippen LogP contribution in [-0.4, -0.2) is 56.7 Å². The van der Waals surface area contributed by atoms with E-state index in [9.17, 15) is 18.7 Å². The first-order valence-electron chi connectivity index (χ1n) is 8.73. The molecule has 8 nitrogen and oxygen atoms in total. The van der Waals surface area contributed by atoms with Gasteiger partial charge in [0.2, 0.25) is 0 Å². The normalized spacial score (nSPS) is 22.6. The Morgan fingerprint density at radius 1 is 1.37 bits per heavy atom. The molecule has 144 valence electrons. The summed E-state index contributed by atoms with van der Waals surface area (Å²) in [6.07, 6.45) is 1.46. The van der Waals surface area contributed by atoms with Gasteiger partial charge in [-0.2, -0.15) is 0 Å². The summed E-state index contributed by atoms with van der Waals surface area (Å²) >= 11 is 0. The lowest BCUT2D eigenvalue weighted by molar-refractivity contribution is 0.0519. The number of ether oxygens (including phenoxy) is 1. The molecule has 2 aromatic heterocycles. The van der Waals surface area contributed by atoms with Crippen molar-refractivity contribution in [1.29, 1.82) is 0 Å².